The fraction of sp³-hybridized carbons (Fsp3) is 0.500. The van der Waals surface area contributed by atoms with Crippen molar-refractivity contribution in [2.24, 2.45) is 0 Å². The van der Waals surface area contributed by atoms with Crippen LogP contribution in [0.4, 0.5) is 0 Å². The van der Waals surface area contributed by atoms with Crippen molar-refractivity contribution in [3.63, 3.8) is 0 Å². The third-order valence-electron chi connectivity index (χ3n) is 0.316. The molecule has 0 bridgehead atoms. The van der Waals surface area contributed by atoms with Crippen LogP contribution in [0, 0.1) is 7.43 Å². The van der Waals surface area contributed by atoms with Crippen LogP contribution in [0.15, 0.2) is 0 Å². The second kappa shape index (κ2) is 10.7. The topological polar surface area (TPSA) is 93.1 Å². The van der Waals surface area contributed by atoms with Gasteiger partial charge in [-0.05, 0) is 0 Å². The minimum Gasteiger partial charge on any atom is -0.358 e. The van der Waals surface area contributed by atoms with Gasteiger partial charge in [-0.3, -0.25) is 0 Å². The van der Waals surface area contributed by atoms with Crippen molar-refractivity contribution in [2.75, 3.05) is 6.79 Å². The maximum atomic E-state index is 9.60. The minimum atomic E-state index is -2.87. The van der Waals surface area contributed by atoms with Crippen LogP contribution < -0.4 is 0 Å². The Labute approximate surface area is 80.1 Å². The van der Waals surface area contributed by atoms with Crippen LogP contribution in [0.2, 0.25) is 0 Å². The predicted octanol–water partition coefficient (Wildman–Crippen LogP) is 0.724. The van der Waals surface area contributed by atoms with Gasteiger partial charge in [-0.25, -0.2) is 0 Å². The Kier molecular flexibility index (Phi) is 17.3. The third kappa shape index (κ3) is 18.1. The van der Waals surface area contributed by atoms with E-state index in [4.69, 9.17) is 14.4 Å². The van der Waals surface area contributed by atoms with E-state index in [9.17, 15) is 4.57 Å². The Morgan fingerprint density at radius 2 is 1.55 bits per heavy atom. The SMILES string of the molecule is O=[P+](O)O.O=[P+]1OCO1.[CH3-].[W]. The van der Waals surface area contributed by atoms with Gasteiger partial charge in [0.2, 0.25) is 0 Å². The molecule has 0 aromatic carbocycles. The Bertz CT molecular complexity index is 118. The average molecular weight is 373 g/mol. The van der Waals surface area contributed by atoms with E-state index in [-0.39, 0.29) is 35.3 Å². The van der Waals surface area contributed by atoms with E-state index in [1.54, 1.807) is 0 Å². The molecule has 0 aromatic heterocycles. The molecule has 0 saturated carbocycles. The first-order valence-electron chi connectivity index (χ1n) is 1.71. The molecule has 11 heavy (non-hydrogen) atoms. The van der Waals surface area contributed by atoms with Gasteiger partial charge in [0.15, 0.2) is 0 Å². The average Bonchev–Trinajstić information content (AvgIpc) is 1.59. The van der Waals surface area contributed by atoms with Crippen molar-refractivity contribution in [3.8, 4) is 0 Å². The molecule has 0 aliphatic carbocycles. The molecule has 0 unspecified atom stereocenters. The molecule has 1 rings (SSSR count). The predicted molar refractivity (Wildman–Crippen MR) is 33.1 cm³/mol. The van der Waals surface area contributed by atoms with E-state index in [1.165, 1.54) is 0 Å². The molecule has 1 heterocycles. The molecule has 0 atom stereocenters. The van der Waals surface area contributed by atoms with E-state index < -0.39 is 16.5 Å². The molecule has 1 fully saturated rings. The summed E-state index contributed by atoms with van der Waals surface area (Å²) in [6.07, 6.45) is 0. The van der Waals surface area contributed by atoms with Crippen molar-refractivity contribution in [1.29, 1.82) is 0 Å². The molecule has 0 aromatic rings. The summed E-state index contributed by atoms with van der Waals surface area (Å²) in [5, 5.41) is 0. The van der Waals surface area contributed by atoms with Crippen LogP contribution in [-0.4, -0.2) is 16.6 Å². The van der Waals surface area contributed by atoms with Crippen LogP contribution in [0.5, 0.6) is 0 Å². The molecule has 0 spiro atoms. The maximum absolute atomic E-state index is 9.60. The monoisotopic (exact) mass is 373 g/mol. The second-order valence-corrected chi connectivity index (χ2v) is 2.32. The molecule has 0 radical (unpaired) electrons. The summed E-state index contributed by atoms with van der Waals surface area (Å²) in [5.74, 6) is 0. The standard InChI is InChI=1S/CH2O3P.CH3.HO3P.W/c2-5-3-1-4-5;;1-4(2)3;/h1H2;1H3;(H-,1,2,3);/q+1;-1;;/p+1. The molecule has 0 amide bonds. The molecule has 2 N–H and O–H groups in total. The minimum absolute atomic E-state index is 0. The normalized spacial score (nSPS) is 12.4. The molecule has 9 heteroatoms. The van der Waals surface area contributed by atoms with Gasteiger partial charge in [0.1, 0.15) is 0 Å². The Hall–Kier alpha value is 0.728. The molecule has 1 aliphatic heterocycles. The first kappa shape index (κ1) is 17.7. The summed E-state index contributed by atoms with van der Waals surface area (Å²) >= 11 is 0. The first-order chi connectivity index (χ1) is 4.13. The van der Waals surface area contributed by atoms with Crippen LogP contribution in [0.3, 0.4) is 0 Å². The molecular formula is C2H7O6P2W+. The Morgan fingerprint density at radius 3 is 1.55 bits per heavy atom. The fourth-order valence-electron chi connectivity index (χ4n) is 0.0957. The van der Waals surface area contributed by atoms with Gasteiger partial charge in [-0.15, -0.1) is 9.79 Å². The third-order valence-corrected chi connectivity index (χ3v) is 0.949. The molecular weight excluding hydrogens is 366 g/mol. The number of hydrogen-bond acceptors (Lipinski definition) is 4. The summed E-state index contributed by atoms with van der Waals surface area (Å²) in [5.41, 5.74) is 0. The van der Waals surface area contributed by atoms with E-state index in [0.29, 0.717) is 0 Å². The smallest absolute Gasteiger partial charge is 0.358 e. The molecule has 66 valence electrons. The van der Waals surface area contributed by atoms with E-state index >= 15 is 0 Å². The van der Waals surface area contributed by atoms with Gasteiger partial charge >= 0.3 is 16.5 Å². The van der Waals surface area contributed by atoms with Gasteiger partial charge < -0.3 is 7.43 Å². The van der Waals surface area contributed by atoms with E-state index in [2.05, 4.69) is 9.05 Å². The molecule has 1 saturated heterocycles. The molecule has 1 aliphatic rings. The van der Waals surface area contributed by atoms with Crippen molar-refractivity contribution >= 4 is 16.5 Å². The van der Waals surface area contributed by atoms with Crippen molar-refractivity contribution in [1.82, 2.24) is 0 Å². The second-order valence-electron chi connectivity index (χ2n) is 0.852. The Balaban J connectivity index is -0.000000101. The largest absolute Gasteiger partial charge is 0.702 e. The number of rotatable bonds is 0. The summed E-state index contributed by atoms with van der Waals surface area (Å²) in [6, 6.07) is 0. The van der Waals surface area contributed by atoms with Crippen molar-refractivity contribution in [3.05, 3.63) is 7.43 Å². The van der Waals surface area contributed by atoms with Crippen LogP contribution in [-0.2, 0) is 39.2 Å². The van der Waals surface area contributed by atoms with Crippen molar-refractivity contribution in [2.45, 2.75) is 0 Å². The molecule has 6 nitrogen and oxygen atoms in total. The zero-order valence-corrected chi connectivity index (χ0v) is 10.3. The van der Waals surface area contributed by atoms with Crippen LogP contribution in [0.25, 0.3) is 0 Å². The number of hydrogen-bond donors (Lipinski definition) is 2. The quantitative estimate of drug-likeness (QED) is 0.481. The van der Waals surface area contributed by atoms with E-state index in [1.807, 2.05) is 0 Å². The van der Waals surface area contributed by atoms with Crippen LogP contribution >= 0.6 is 16.5 Å². The van der Waals surface area contributed by atoms with Gasteiger partial charge in [0.25, 0.3) is 6.79 Å². The van der Waals surface area contributed by atoms with Crippen molar-refractivity contribution < 1.29 is 49.0 Å². The van der Waals surface area contributed by atoms with Gasteiger partial charge in [0, 0.05) is 30.2 Å². The maximum Gasteiger partial charge on any atom is 0.702 e. The summed E-state index contributed by atoms with van der Waals surface area (Å²) in [7, 11) is -4.54. The van der Waals surface area contributed by atoms with Gasteiger partial charge in [0.05, 0.1) is 0 Å². The summed E-state index contributed by atoms with van der Waals surface area (Å²) in [6.45, 7) is 0.204. The zero-order chi connectivity index (χ0) is 7.28. The van der Waals surface area contributed by atoms with Gasteiger partial charge in [-0.1, -0.05) is 9.05 Å². The van der Waals surface area contributed by atoms with Crippen LogP contribution in [0.1, 0.15) is 0 Å². The van der Waals surface area contributed by atoms with Gasteiger partial charge in [-0.2, -0.15) is 0 Å². The fourth-order valence-corrected chi connectivity index (χ4v) is 0.287. The first-order valence-corrected chi connectivity index (χ1v) is 3.97. The summed E-state index contributed by atoms with van der Waals surface area (Å²) in [4.78, 5) is 14.2. The Morgan fingerprint density at radius 1 is 1.36 bits per heavy atom. The zero-order valence-electron chi connectivity index (χ0n) is 5.54. The van der Waals surface area contributed by atoms with E-state index in [0.717, 1.165) is 0 Å². The summed E-state index contributed by atoms with van der Waals surface area (Å²) < 4.78 is 26.7.